The van der Waals surface area contributed by atoms with Gasteiger partial charge in [-0.15, -0.1) is 0 Å². The third kappa shape index (κ3) is 4.55. The zero-order chi connectivity index (χ0) is 11.0. The number of carbonyl (C=O) groups is 1. The Labute approximate surface area is 84.6 Å². The van der Waals surface area contributed by atoms with Gasteiger partial charge in [0, 0.05) is 6.04 Å². The molecule has 0 aromatic carbocycles. The van der Waals surface area contributed by atoms with E-state index in [9.17, 15) is 4.79 Å². The molecule has 0 saturated carbocycles. The lowest BCUT2D eigenvalue weighted by molar-refractivity contribution is -0.368. The second-order valence-electron chi connectivity index (χ2n) is 3.40. The van der Waals surface area contributed by atoms with Crippen molar-refractivity contribution in [2.75, 3.05) is 13.7 Å². The average Bonchev–Trinajstić information content (AvgIpc) is 2.22. The number of hydrogen-bond donors (Lipinski definition) is 3. The summed E-state index contributed by atoms with van der Waals surface area (Å²) < 4.78 is 4.66. The molecule has 2 unspecified atom stereocenters. The molecule has 0 aromatic rings. The number of esters is 1. The quantitative estimate of drug-likeness (QED) is 0.299. The predicted molar refractivity (Wildman–Crippen MR) is 51.5 cm³/mol. The fourth-order valence-corrected chi connectivity index (χ4v) is 1.35. The molecule has 2 atom stereocenters. The van der Waals surface area contributed by atoms with Gasteiger partial charge in [-0.1, -0.05) is 0 Å². The fraction of sp³-hybridized carbons (Fsp3) is 0.889. The summed E-state index contributed by atoms with van der Waals surface area (Å²) in [5, 5.41) is 8.74. The van der Waals surface area contributed by atoms with Crippen molar-refractivity contribution in [1.82, 2.24) is 5.48 Å². The van der Waals surface area contributed by atoms with Crippen molar-refractivity contribution >= 4 is 5.97 Å². The maximum absolute atomic E-state index is 11.3. The minimum atomic E-state index is -0.281. The zero-order valence-corrected chi connectivity index (χ0v) is 8.95. The van der Waals surface area contributed by atoms with Gasteiger partial charge in [0.05, 0.1) is 19.6 Å². The monoisotopic (exact) mass is 205 g/mol. The largest absolute Gasteiger partial charge is 0.469 e. The number of quaternary nitrogens is 1. The van der Waals surface area contributed by atoms with Crippen LogP contribution in [0.4, 0.5) is 0 Å². The summed E-state index contributed by atoms with van der Waals surface area (Å²) >= 11 is 0. The molecule has 0 heterocycles. The van der Waals surface area contributed by atoms with Crippen molar-refractivity contribution in [3.8, 4) is 0 Å². The molecule has 0 saturated heterocycles. The van der Waals surface area contributed by atoms with Gasteiger partial charge in [0.25, 0.3) is 0 Å². The predicted octanol–water partition coefficient (Wildman–Crippen LogP) is -0.445. The molecule has 5 heteroatoms. The van der Waals surface area contributed by atoms with Gasteiger partial charge >= 0.3 is 5.97 Å². The van der Waals surface area contributed by atoms with Gasteiger partial charge in [-0.05, 0) is 26.2 Å². The Bertz CT molecular complexity index is 164. The SMILES string of the molecule is COC(=O)C(CCCC[NH3+])C(C)NO. The highest BCUT2D eigenvalue weighted by Gasteiger charge is 2.24. The van der Waals surface area contributed by atoms with E-state index in [1.807, 2.05) is 0 Å². The Balaban J connectivity index is 4.04. The molecular formula is C9H21N2O3+. The lowest BCUT2D eigenvalue weighted by Gasteiger charge is -2.19. The number of methoxy groups -OCH3 is 1. The van der Waals surface area contributed by atoms with E-state index in [4.69, 9.17) is 5.21 Å². The van der Waals surface area contributed by atoms with E-state index in [1.54, 1.807) is 6.92 Å². The average molecular weight is 205 g/mol. The lowest BCUT2D eigenvalue weighted by Crippen LogP contribution is -2.50. The number of nitrogens with one attached hydrogen (secondary N) is 1. The zero-order valence-electron chi connectivity index (χ0n) is 8.95. The lowest BCUT2D eigenvalue weighted by atomic mass is 9.95. The van der Waals surface area contributed by atoms with E-state index in [2.05, 4.69) is 16.0 Å². The molecule has 5 N–H and O–H groups in total. The van der Waals surface area contributed by atoms with Gasteiger partial charge in [0.15, 0.2) is 0 Å². The summed E-state index contributed by atoms with van der Waals surface area (Å²) in [5.41, 5.74) is 5.82. The summed E-state index contributed by atoms with van der Waals surface area (Å²) in [4.78, 5) is 11.3. The number of unbranched alkanes of at least 4 members (excludes halogenated alkanes) is 1. The van der Waals surface area contributed by atoms with Crippen LogP contribution in [0.1, 0.15) is 26.2 Å². The van der Waals surface area contributed by atoms with Crippen molar-refractivity contribution in [3.63, 3.8) is 0 Å². The first-order valence-electron chi connectivity index (χ1n) is 4.94. The van der Waals surface area contributed by atoms with Crippen LogP contribution >= 0.6 is 0 Å². The number of ether oxygens (including phenoxy) is 1. The van der Waals surface area contributed by atoms with Crippen LogP contribution in [0.25, 0.3) is 0 Å². The summed E-state index contributed by atoms with van der Waals surface area (Å²) in [5.74, 6) is -0.556. The minimum absolute atomic E-state index is 0.271. The van der Waals surface area contributed by atoms with E-state index in [-0.39, 0.29) is 17.9 Å². The molecule has 0 radical (unpaired) electrons. The Hall–Kier alpha value is -0.650. The first-order chi connectivity index (χ1) is 6.67. The molecule has 5 nitrogen and oxygen atoms in total. The minimum Gasteiger partial charge on any atom is -0.469 e. The second kappa shape index (κ2) is 7.73. The molecule has 0 bridgehead atoms. The summed E-state index contributed by atoms with van der Waals surface area (Å²) in [6.45, 7) is 2.63. The van der Waals surface area contributed by atoms with Crippen LogP contribution in [0.2, 0.25) is 0 Å². The van der Waals surface area contributed by atoms with Crippen molar-refractivity contribution in [1.29, 1.82) is 0 Å². The summed E-state index contributed by atoms with van der Waals surface area (Å²) in [6, 6.07) is -0.271. The summed E-state index contributed by atoms with van der Waals surface area (Å²) in [7, 11) is 1.36. The third-order valence-electron chi connectivity index (χ3n) is 2.33. The molecule has 0 aromatic heterocycles. The molecule has 0 aliphatic heterocycles. The molecule has 0 amide bonds. The van der Waals surface area contributed by atoms with Gasteiger partial charge in [0.2, 0.25) is 0 Å². The Morgan fingerprint density at radius 3 is 2.64 bits per heavy atom. The molecule has 0 rings (SSSR count). The van der Waals surface area contributed by atoms with Gasteiger partial charge in [0.1, 0.15) is 0 Å². The molecule has 0 fully saturated rings. The van der Waals surface area contributed by atoms with Crippen LogP contribution in [-0.4, -0.2) is 30.9 Å². The molecule has 0 spiro atoms. The van der Waals surface area contributed by atoms with Gasteiger partial charge < -0.3 is 15.7 Å². The first-order valence-corrected chi connectivity index (χ1v) is 4.94. The normalized spacial score (nSPS) is 14.9. The van der Waals surface area contributed by atoms with E-state index < -0.39 is 0 Å². The highest BCUT2D eigenvalue weighted by Crippen LogP contribution is 2.14. The van der Waals surface area contributed by atoms with Crippen LogP contribution < -0.4 is 11.2 Å². The number of rotatable bonds is 7. The van der Waals surface area contributed by atoms with Gasteiger partial charge in [-0.3, -0.25) is 4.79 Å². The topological polar surface area (TPSA) is 86.2 Å². The van der Waals surface area contributed by atoms with E-state index >= 15 is 0 Å². The third-order valence-corrected chi connectivity index (χ3v) is 2.33. The molecule has 0 aliphatic carbocycles. The maximum atomic E-state index is 11.3. The fourth-order valence-electron chi connectivity index (χ4n) is 1.35. The molecule has 14 heavy (non-hydrogen) atoms. The van der Waals surface area contributed by atoms with E-state index in [0.29, 0.717) is 0 Å². The van der Waals surface area contributed by atoms with E-state index in [1.165, 1.54) is 7.11 Å². The van der Waals surface area contributed by atoms with Crippen LogP contribution in [0.5, 0.6) is 0 Å². The number of hydroxylamine groups is 1. The standard InChI is InChI=1S/C9H20N2O3/c1-7(11-13)8(9(12)14-2)5-3-4-6-10/h7-8,11,13H,3-6,10H2,1-2H3/p+1. The van der Waals surface area contributed by atoms with Crippen LogP contribution in [0.3, 0.4) is 0 Å². The van der Waals surface area contributed by atoms with Crippen molar-refractivity contribution < 1.29 is 20.5 Å². The molecule has 0 aliphatic rings. The molecule has 84 valence electrons. The van der Waals surface area contributed by atoms with Gasteiger partial charge in [-0.25, -0.2) is 5.48 Å². The van der Waals surface area contributed by atoms with Crippen molar-refractivity contribution in [2.45, 2.75) is 32.2 Å². The van der Waals surface area contributed by atoms with Crippen LogP contribution in [0, 0.1) is 5.92 Å². The first kappa shape index (κ1) is 13.4. The maximum Gasteiger partial charge on any atom is 0.310 e. The number of carbonyl (C=O) groups excluding carboxylic acids is 1. The second-order valence-corrected chi connectivity index (χ2v) is 3.40. The van der Waals surface area contributed by atoms with Crippen molar-refractivity contribution in [2.24, 2.45) is 5.92 Å². The summed E-state index contributed by atoms with van der Waals surface area (Å²) in [6.07, 6.45) is 2.64. The van der Waals surface area contributed by atoms with Crippen LogP contribution in [0.15, 0.2) is 0 Å². The van der Waals surface area contributed by atoms with E-state index in [0.717, 1.165) is 25.8 Å². The van der Waals surface area contributed by atoms with Crippen molar-refractivity contribution in [3.05, 3.63) is 0 Å². The Morgan fingerprint density at radius 1 is 1.57 bits per heavy atom. The smallest absolute Gasteiger partial charge is 0.310 e. The molecular weight excluding hydrogens is 184 g/mol. The Kier molecular flexibility index (Phi) is 7.37. The van der Waals surface area contributed by atoms with Gasteiger partial charge in [-0.2, -0.15) is 0 Å². The Morgan fingerprint density at radius 2 is 2.21 bits per heavy atom. The van der Waals surface area contributed by atoms with Crippen LogP contribution in [-0.2, 0) is 9.53 Å². The number of hydrogen-bond acceptors (Lipinski definition) is 4. The highest BCUT2D eigenvalue weighted by molar-refractivity contribution is 5.73. The highest BCUT2D eigenvalue weighted by atomic mass is 16.5.